The molecule has 0 radical (unpaired) electrons. The monoisotopic (exact) mass is 297 g/mol. The molecule has 0 bridgehead atoms. The van der Waals surface area contributed by atoms with Gasteiger partial charge in [0.25, 0.3) is 6.43 Å². The van der Waals surface area contributed by atoms with Crippen LogP contribution in [0.3, 0.4) is 0 Å². The molecule has 2 aromatic rings. The first kappa shape index (κ1) is 14.3. The minimum absolute atomic E-state index is 0.0672. The zero-order valence-electron chi connectivity index (χ0n) is 10.4. The van der Waals surface area contributed by atoms with Gasteiger partial charge in [-0.15, -0.1) is 0 Å². The maximum Gasteiger partial charge on any atom is 0.280 e. The highest BCUT2D eigenvalue weighted by Crippen LogP contribution is 2.24. The Bertz CT molecular complexity index is 656. The Balaban J connectivity index is 2.56. The van der Waals surface area contributed by atoms with E-state index in [1.165, 1.54) is 18.6 Å². The zero-order chi connectivity index (χ0) is 14.7. The number of alkyl halides is 2. The molecule has 0 aliphatic heterocycles. The van der Waals surface area contributed by atoms with Gasteiger partial charge in [-0.25, -0.2) is 28.7 Å². The highest BCUT2D eigenvalue weighted by molar-refractivity contribution is 6.29. The van der Waals surface area contributed by atoms with Crippen LogP contribution in [-0.4, -0.2) is 19.9 Å². The van der Waals surface area contributed by atoms with Crippen molar-refractivity contribution < 1.29 is 8.78 Å². The topological polar surface area (TPSA) is 77.6 Å². The summed E-state index contributed by atoms with van der Waals surface area (Å²) in [6.45, 7) is 1.60. The second-order valence-electron chi connectivity index (χ2n) is 3.89. The molecule has 0 unspecified atom stereocenters. The van der Waals surface area contributed by atoms with Gasteiger partial charge in [0.1, 0.15) is 17.2 Å². The summed E-state index contributed by atoms with van der Waals surface area (Å²) in [5.74, 6) is 0.0672. The average molecular weight is 298 g/mol. The molecular weight excluding hydrogens is 288 g/mol. The molecule has 0 aliphatic rings. The van der Waals surface area contributed by atoms with Crippen LogP contribution in [0.15, 0.2) is 30.4 Å². The van der Waals surface area contributed by atoms with Crippen molar-refractivity contribution in [2.24, 2.45) is 5.73 Å². The molecule has 2 heterocycles. The number of hydrogen-bond donors (Lipinski definition) is 1. The van der Waals surface area contributed by atoms with Crippen molar-refractivity contribution in [1.82, 2.24) is 19.9 Å². The standard InChI is InChI=1S/C12H10ClF2N5/c1-6(16)10(8-4-9(13)19-5-18-8)12-17-3-2-7(20-12)11(14)15/h2-5,11H,16H2,1H3. The van der Waals surface area contributed by atoms with Gasteiger partial charge in [0.15, 0.2) is 5.82 Å². The molecule has 8 heteroatoms. The van der Waals surface area contributed by atoms with Crippen LogP contribution in [0.4, 0.5) is 8.78 Å². The molecule has 0 amide bonds. The second-order valence-corrected chi connectivity index (χ2v) is 4.28. The predicted octanol–water partition coefficient (Wildman–Crippen LogP) is 2.60. The highest BCUT2D eigenvalue weighted by Gasteiger charge is 2.16. The molecule has 2 aromatic heterocycles. The summed E-state index contributed by atoms with van der Waals surface area (Å²) in [4.78, 5) is 15.5. The van der Waals surface area contributed by atoms with Crippen molar-refractivity contribution in [1.29, 1.82) is 0 Å². The Morgan fingerprint density at radius 3 is 2.65 bits per heavy atom. The van der Waals surface area contributed by atoms with Gasteiger partial charge in [-0.3, -0.25) is 0 Å². The van der Waals surface area contributed by atoms with Crippen LogP contribution in [0.5, 0.6) is 0 Å². The summed E-state index contributed by atoms with van der Waals surface area (Å²) in [5.41, 5.74) is 6.46. The lowest BCUT2D eigenvalue weighted by molar-refractivity contribution is 0.146. The molecule has 0 spiro atoms. The smallest absolute Gasteiger partial charge is 0.280 e. The molecule has 0 saturated heterocycles. The van der Waals surface area contributed by atoms with E-state index in [1.807, 2.05) is 0 Å². The summed E-state index contributed by atoms with van der Waals surface area (Å²) in [5, 5.41) is 0.207. The lowest BCUT2D eigenvalue weighted by atomic mass is 10.1. The van der Waals surface area contributed by atoms with Crippen LogP contribution in [0.2, 0.25) is 5.15 Å². The van der Waals surface area contributed by atoms with E-state index in [0.29, 0.717) is 17.0 Å². The van der Waals surface area contributed by atoms with Gasteiger partial charge in [-0.05, 0) is 13.0 Å². The first-order valence-corrected chi connectivity index (χ1v) is 5.92. The van der Waals surface area contributed by atoms with E-state index in [4.69, 9.17) is 17.3 Å². The molecule has 0 aliphatic carbocycles. The van der Waals surface area contributed by atoms with E-state index >= 15 is 0 Å². The first-order chi connectivity index (χ1) is 9.49. The number of nitrogens with two attached hydrogens (primary N) is 1. The van der Waals surface area contributed by atoms with Crippen molar-refractivity contribution >= 4 is 17.2 Å². The van der Waals surface area contributed by atoms with E-state index in [1.54, 1.807) is 6.92 Å². The Kier molecular flexibility index (Phi) is 4.19. The van der Waals surface area contributed by atoms with E-state index in [9.17, 15) is 8.78 Å². The predicted molar refractivity (Wildman–Crippen MR) is 69.9 cm³/mol. The summed E-state index contributed by atoms with van der Waals surface area (Å²) in [6.07, 6.45) is -0.197. The molecular formula is C12H10ClF2N5. The Hall–Kier alpha value is -2.15. The normalized spacial score (nSPS) is 12.4. The molecule has 5 nitrogen and oxygen atoms in total. The second kappa shape index (κ2) is 5.87. The van der Waals surface area contributed by atoms with Gasteiger partial charge in [-0.1, -0.05) is 11.6 Å². The molecule has 0 aromatic carbocycles. The van der Waals surface area contributed by atoms with Gasteiger partial charge in [0, 0.05) is 18.0 Å². The van der Waals surface area contributed by atoms with Crippen LogP contribution >= 0.6 is 11.6 Å². The van der Waals surface area contributed by atoms with Crippen LogP contribution in [0, 0.1) is 0 Å². The Morgan fingerprint density at radius 2 is 2.05 bits per heavy atom. The lowest BCUT2D eigenvalue weighted by Crippen LogP contribution is -2.07. The lowest BCUT2D eigenvalue weighted by Gasteiger charge is -2.09. The quantitative estimate of drug-likeness (QED) is 0.881. The molecule has 2 N–H and O–H groups in total. The van der Waals surface area contributed by atoms with Crippen molar-refractivity contribution in [3.8, 4) is 0 Å². The number of hydrogen-bond acceptors (Lipinski definition) is 5. The number of aromatic nitrogens is 4. The van der Waals surface area contributed by atoms with E-state index in [0.717, 1.165) is 6.07 Å². The van der Waals surface area contributed by atoms with Crippen LogP contribution in [0.1, 0.15) is 30.6 Å². The minimum Gasteiger partial charge on any atom is -0.402 e. The Labute approximate surface area is 118 Å². The third kappa shape index (κ3) is 3.05. The van der Waals surface area contributed by atoms with Crippen molar-refractivity contribution in [2.75, 3.05) is 0 Å². The summed E-state index contributed by atoms with van der Waals surface area (Å²) in [6, 6.07) is 2.61. The summed E-state index contributed by atoms with van der Waals surface area (Å²) >= 11 is 5.79. The van der Waals surface area contributed by atoms with Crippen molar-refractivity contribution in [3.05, 3.63) is 52.7 Å². The minimum atomic E-state index is -2.69. The van der Waals surface area contributed by atoms with Gasteiger partial charge in [0.05, 0.1) is 11.3 Å². The van der Waals surface area contributed by atoms with Gasteiger partial charge in [-0.2, -0.15) is 0 Å². The molecule has 20 heavy (non-hydrogen) atoms. The van der Waals surface area contributed by atoms with E-state index in [-0.39, 0.29) is 16.7 Å². The number of rotatable bonds is 3. The molecule has 0 atom stereocenters. The van der Waals surface area contributed by atoms with E-state index < -0.39 is 6.43 Å². The molecule has 104 valence electrons. The first-order valence-electron chi connectivity index (χ1n) is 5.54. The summed E-state index contributed by atoms with van der Waals surface area (Å²) in [7, 11) is 0. The number of allylic oxidation sites excluding steroid dienone is 1. The fraction of sp³-hybridized carbons (Fsp3) is 0.167. The van der Waals surface area contributed by atoms with Crippen LogP contribution in [-0.2, 0) is 0 Å². The third-order valence-electron chi connectivity index (χ3n) is 2.41. The SMILES string of the molecule is CC(N)=C(c1cc(Cl)ncn1)c1nccc(C(F)F)n1. The van der Waals surface area contributed by atoms with Gasteiger partial charge < -0.3 is 5.73 Å². The molecule has 0 saturated carbocycles. The van der Waals surface area contributed by atoms with Crippen molar-refractivity contribution in [3.63, 3.8) is 0 Å². The average Bonchev–Trinajstić information content (AvgIpc) is 2.39. The zero-order valence-corrected chi connectivity index (χ0v) is 11.1. The van der Waals surface area contributed by atoms with Crippen LogP contribution < -0.4 is 5.73 Å². The molecule has 0 fully saturated rings. The van der Waals surface area contributed by atoms with Crippen molar-refractivity contribution in [2.45, 2.75) is 13.3 Å². The maximum atomic E-state index is 12.7. The Morgan fingerprint density at radius 1 is 1.30 bits per heavy atom. The third-order valence-corrected chi connectivity index (χ3v) is 2.62. The fourth-order valence-electron chi connectivity index (χ4n) is 1.58. The largest absolute Gasteiger partial charge is 0.402 e. The molecule has 2 rings (SSSR count). The number of nitrogens with zero attached hydrogens (tertiary/aromatic N) is 4. The highest BCUT2D eigenvalue weighted by atomic mass is 35.5. The fourth-order valence-corrected chi connectivity index (χ4v) is 1.72. The maximum absolute atomic E-state index is 12.7. The van der Waals surface area contributed by atoms with Crippen LogP contribution in [0.25, 0.3) is 5.57 Å². The van der Waals surface area contributed by atoms with Gasteiger partial charge >= 0.3 is 0 Å². The van der Waals surface area contributed by atoms with Gasteiger partial charge in [0.2, 0.25) is 0 Å². The van der Waals surface area contributed by atoms with E-state index in [2.05, 4.69) is 19.9 Å². The summed E-state index contributed by atoms with van der Waals surface area (Å²) < 4.78 is 25.4. The number of halogens is 3.